The molecular weight excluding hydrogens is 318 g/mol. The van der Waals surface area contributed by atoms with Gasteiger partial charge in [-0.3, -0.25) is 9.59 Å². The Morgan fingerprint density at radius 2 is 2.00 bits per heavy atom. The Hall–Kier alpha value is -1.24. The van der Waals surface area contributed by atoms with Crippen molar-refractivity contribution >= 4 is 11.8 Å². The van der Waals surface area contributed by atoms with E-state index in [-0.39, 0.29) is 48.5 Å². The van der Waals surface area contributed by atoms with Crippen LogP contribution in [0.25, 0.3) is 0 Å². The van der Waals surface area contributed by atoms with Crippen molar-refractivity contribution in [3.63, 3.8) is 0 Å². The number of hydrogen-bond acceptors (Lipinski definition) is 3. The molecule has 24 heavy (non-hydrogen) atoms. The molecule has 4 aliphatic rings. The molecule has 0 spiro atoms. The van der Waals surface area contributed by atoms with Crippen LogP contribution in [0.5, 0.6) is 0 Å². The maximum absolute atomic E-state index is 12.8. The van der Waals surface area contributed by atoms with Crippen molar-refractivity contribution in [3.8, 4) is 0 Å². The van der Waals surface area contributed by atoms with Gasteiger partial charge in [-0.15, -0.1) is 0 Å². The topological polar surface area (TPSA) is 58.6 Å². The predicted molar refractivity (Wildman–Crippen MR) is 81.3 cm³/mol. The first kappa shape index (κ1) is 16.2. The molecule has 4 fully saturated rings. The van der Waals surface area contributed by atoms with E-state index in [9.17, 15) is 18.4 Å². The number of amides is 2. The summed E-state index contributed by atoms with van der Waals surface area (Å²) in [6, 6.07) is 0. The molecule has 5 nitrogen and oxygen atoms in total. The molecule has 134 valence electrons. The number of fused-ring (bicyclic) bond motifs is 1. The number of carbonyl (C=O) groups is 2. The maximum atomic E-state index is 12.8. The van der Waals surface area contributed by atoms with E-state index < -0.39 is 11.8 Å². The van der Waals surface area contributed by atoms with Crippen LogP contribution >= 0.6 is 0 Å². The van der Waals surface area contributed by atoms with E-state index in [1.165, 1.54) is 0 Å². The van der Waals surface area contributed by atoms with E-state index in [0.717, 1.165) is 6.42 Å². The Bertz CT molecular complexity index is 548. The predicted octanol–water partition coefficient (Wildman–Crippen LogP) is 1.28. The number of ether oxygens (including phenoxy) is 1. The van der Waals surface area contributed by atoms with E-state index >= 15 is 0 Å². The lowest BCUT2D eigenvalue weighted by molar-refractivity contribution is -0.150. The van der Waals surface area contributed by atoms with Gasteiger partial charge in [0.05, 0.1) is 12.7 Å². The quantitative estimate of drug-likeness (QED) is 0.837. The molecule has 2 saturated carbocycles. The highest BCUT2D eigenvalue weighted by molar-refractivity contribution is 5.82. The summed E-state index contributed by atoms with van der Waals surface area (Å²) in [6.07, 6.45) is 0.358. The van der Waals surface area contributed by atoms with Gasteiger partial charge in [-0.25, -0.2) is 8.78 Å². The third-order valence-corrected chi connectivity index (χ3v) is 6.18. The van der Waals surface area contributed by atoms with Crippen LogP contribution in [0.2, 0.25) is 0 Å². The van der Waals surface area contributed by atoms with Gasteiger partial charge in [0.1, 0.15) is 0 Å². The van der Waals surface area contributed by atoms with Gasteiger partial charge in [-0.05, 0) is 12.3 Å². The summed E-state index contributed by atoms with van der Waals surface area (Å²) < 4.78 is 31.5. The standard InChI is InChI=1S/C17H24F2N2O3/c1-9-2-12(9)16(23)21-6-13-11(8-24-14(13)7-21)5-20-15(22)10-3-17(18,19)4-10/h9-14H,2-8H2,1H3,(H,20,22)/t9?,11-,12?,13+,14+/m0/s1. The first-order chi connectivity index (χ1) is 11.3. The summed E-state index contributed by atoms with van der Waals surface area (Å²) >= 11 is 0. The molecule has 0 aromatic heterocycles. The zero-order valence-corrected chi connectivity index (χ0v) is 13.8. The minimum Gasteiger partial charge on any atom is -0.376 e. The number of hydrogen-bond donors (Lipinski definition) is 1. The molecule has 1 N–H and O–H groups in total. The fourth-order valence-corrected chi connectivity index (χ4v) is 4.31. The van der Waals surface area contributed by atoms with Crippen LogP contribution in [-0.2, 0) is 14.3 Å². The van der Waals surface area contributed by atoms with Crippen molar-refractivity contribution in [1.82, 2.24) is 10.2 Å². The van der Waals surface area contributed by atoms with Gasteiger partial charge in [-0.1, -0.05) is 6.92 Å². The monoisotopic (exact) mass is 342 g/mol. The Morgan fingerprint density at radius 3 is 2.62 bits per heavy atom. The molecule has 2 aliphatic heterocycles. The highest BCUT2D eigenvalue weighted by atomic mass is 19.3. The normalized spacial score (nSPS) is 40.1. The van der Waals surface area contributed by atoms with Crippen molar-refractivity contribution in [2.75, 3.05) is 26.2 Å². The van der Waals surface area contributed by atoms with Gasteiger partial charge in [0.15, 0.2) is 0 Å². The number of carbonyl (C=O) groups excluding carboxylic acids is 2. The minimum atomic E-state index is -2.67. The summed E-state index contributed by atoms with van der Waals surface area (Å²) in [6.45, 7) is 4.45. The van der Waals surface area contributed by atoms with E-state index in [0.29, 0.717) is 32.2 Å². The number of alkyl halides is 2. The highest BCUT2D eigenvalue weighted by Gasteiger charge is 2.51. The lowest BCUT2D eigenvalue weighted by Gasteiger charge is -2.34. The highest BCUT2D eigenvalue weighted by Crippen LogP contribution is 2.43. The molecule has 5 atom stereocenters. The number of nitrogens with one attached hydrogen (secondary N) is 1. The number of halogens is 2. The van der Waals surface area contributed by atoms with Gasteiger partial charge in [0, 0.05) is 56.1 Å². The summed E-state index contributed by atoms with van der Waals surface area (Å²) in [4.78, 5) is 26.2. The summed E-state index contributed by atoms with van der Waals surface area (Å²) in [5, 5.41) is 2.81. The first-order valence-electron chi connectivity index (χ1n) is 8.90. The molecule has 2 saturated heterocycles. The molecule has 0 bridgehead atoms. The fraction of sp³-hybridized carbons (Fsp3) is 0.882. The number of likely N-dealkylation sites (tertiary alicyclic amines) is 1. The molecular formula is C17H24F2N2O3. The molecule has 0 aromatic carbocycles. The van der Waals surface area contributed by atoms with Crippen LogP contribution in [-0.4, -0.2) is 55.0 Å². The molecule has 2 aliphatic carbocycles. The average molecular weight is 342 g/mol. The van der Waals surface area contributed by atoms with Crippen LogP contribution in [0.1, 0.15) is 26.2 Å². The molecule has 2 amide bonds. The van der Waals surface area contributed by atoms with Crippen LogP contribution in [0.4, 0.5) is 8.78 Å². The van der Waals surface area contributed by atoms with Crippen LogP contribution in [0.3, 0.4) is 0 Å². The second-order valence-corrected chi connectivity index (χ2v) is 8.06. The van der Waals surface area contributed by atoms with E-state index in [4.69, 9.17) is 4.74 Å². The third kappa shape index (κ3) is 2.91. The number of rotatable bonds is 4. The van der Waals surface area contributed by atoms with Crippen molar-refractivity contribution in [2.24, 2.45) is 29.6 Å². The largest absolute Gasteiger partial charge is 0.376 e. The van der Waals surface area contributed by atoms with Gasteiger partial charge in [0.25, 0.3) is 0 Å². The first-order valence-corrected chi connectivity index (χ1v) is 8.90. The van der Waals surface area contributed by atoms with Gasteiger partial charge >= 0.3 is 0 Å². The lowest BCUT2D eigenvalue weighted by atomic mass is 9.80. The third-order valence-electron chi connectivity index (χ3n) is 6.18. The van der Waals surface area contributed by atoms with Crippen LogP contribution in [0, 0.1) is 29.6 Å². The minimum absolute atomic E-state index is 0.0537. The van der Waals surface area contributed by atoms with Gasteiger partial charge in [0.2, 0.25) is 17.7 Å². The molecule has 0 aromatic rings. The molecule has 0 radical (unpaired) electrons. The zero-order valence-electron chi connectivity index (χ0n) is 13.8. The Labute approximate surface area is 140 Å². The smallest absolute Gasteiger partial charge is 0.249 e. The molecule has 4 rings (SSSR count). The average Bonchev–Trinajstić information content (AvgIpc) is 2.93. The van der Waals surface area contributed by atoms with Gasteiger partial charge < -0.3 is 15.0 Å². The van der Waals surface area contributed by atoms with Gasteiger partial charge in [-0.2, -0.15) is 0 Å². The van der Waals surface area contributed by atoms with E-state index in [1.807, 2.05) is 4.90 Å². The molecule has 2 unspecified atom stereocenters. The summed E-state index contributed by atoms with van der Waals surface area (Å²) in [5.74, 6) is -2.19. The Balaban J connectivity index is 1.26. The maximum Gasteiger partial charge on any atom is 0.249 e. The van der Waals surface area contributed by atoms with E-state index in [2.05, 4.69) is 12.2 Å². The number of nitrogens with zero attached hydrogens (tertiary/aromatic N) is 1. The second-order valence-electron chi connectivity index (χ2n) is 8.06. The van der Waals surface area contributed by atoms with Crippen LogP contribution in [0.15, 0.2) is 0 Å². The van der Waals surface area contributed by atoms with Crippen molar-refractivity contribution in [2.45, 2.75) is 38.2 Å². The molecule has 2 heterocycles. The SMILES string of the molecule is CC1CC1C(=O)N1C[C@@H]2[C@@H](CNC(=O)C3CC(F)(F)C3)CO[C@@H]2C1. The molecule has 7 heteroatoms. The van der Waals surface area contributed by atoms with E-state index in [1.54, 1.807) is 0 Å². The summed E-state index contributed by atoms with van der Waals surface area (Å²) in [7, 11) is 0. The van der Waals surface area contributed by atoms with Crippen molar-refractivity contribution in [3.05, 3.63) is 0 Å². The van der Waals surface area contributed by atoms with Crippen LogP contribution < -0.4 is 5.32 Å². The zero-order chi connectivity index (χ0) is 17.1. The summed E-state index contributed by atoms with van der Waals surface area (Å²) in [5.41, 5.74) is 0. The fourth-order valence-electron chi connectivity index (χ4n) is 4.31. The lowest BCUT2D eigenvalue weighted by Crippen LogP contribution is -2.46. The van der Waals surface area contributed by atoms with Crippen molar-refractivity contribution in [1.29, 1.82) is 0 Å². The van der Waals surface area contributed by atoms with Crippen molar-refractivity contribution < 1.29 is 23.1 Å². The Morgan fingerprint density at radius 1 is 1.29 bits per heavy atom. The Kier molecular flexibility index (Phi) is 3.82. The second kappa shape index (κ2) is 5.64.